The smallest absolute Gasteiger partial charge is 0.360 e. The van der Waals surface area contributed by atoms with Crippen molar-refractivity contribution < 1.29 is 13.2 Å². The maximum atomic E-state index is 12.8. The fourth-order valence-electron chi connectivity index (χ4n) is 3.69. The summed E-state index contributed by atoms with van der Waals surface area (Å²) in [4.78, 5) is 4.23. The van der Waals surface area contributed by atoms with E-state index in [2.05, 4.69) is 15.9 Å². The minimum atomic E-state index is -4.06. The van der Waals surface area contributed by atoms with Gasteiger partial charge in [-0.3, -0.25) is 0 Å². The number of alkyl halides is 3. The molecule has 0 radical (unpaired) electrons. The molecule has 5 heteroatoms. The van der Waals surface area contributed by atoms with Crippen molar-refractivity contribution in [1.29, 1.82) is 0 Å². The van der Waals surface area contributed by atoms with Crippen molar-refractivity contribution >= 4 is 0 Å². The van der Waals surface area contributed by atoms with Crippen molar-refractivity contribution in [3.63, 3.8) is 0 Å². The highest BCUT2D eigenvalue weighted by atomic mass is 19.4. The number of nitrogens with zero attached hydrogens (tertiary/aromatic N) is 2. The normalized spacial score (nSPS) is 38.8. The third kappa shape index (κ3) is 1.56. The van der Waals surface area contributed by atoms with Gasteiger partial charge in [0.05, 0.1) is 5.92 Å². The molecule has 1 saturated heterocycles. The fraction of sp³-hybridized carbons (Fsp3) is 0.692. The summed E-state index contributed by atoms with van der Waals surface area (Å²) in [6.45, 7) is 0. The molecule has 3 rings (SSSR count). The Hall–Kier alpha value is -1.13. The van der Waals surface area contributed by atoms with Crippen LogP contribution >= 0.6 is 0 Å². The van der Waals surface area contributed by atoms with Gasteiger partial charge in [0.25, 0.3) is 0 Å². The van der Waals surface area contributed by atoms with Crippen LogP contribution in [0.3, 0.4) is 0 Å². The molecule has 0 aromatic rings. The Morgan fingerprint density at radius 1 is 1.28 bits per heavy atom. The highest BCUT2D eigenvalue weighted by Gasteiger charge is 2.51. The van der Waals surface area contributed by atoms with Gasteiger partial charge in [-0.1, -0.05) is 12.2 Å². The van der Waals surface area contributed by atoms with Gasteiger partial charge >= 0.3 is 6.18 Å². The van der Waals surface area contributed by atoms with E-state index in [1.807, 2.05) is 20.3 Å². The Balaban J connectivity index is 1.88. The Kier molecular flexibility index (Phi) is 2.44. The van der Waals surface area contributed by atoms with E-state index in [-0.39, 0.29) is 30.8 Å². The van der Waals surface area contributed by atoms with Crippen LogP contribution in [0.2, 0.25) is 0 Å². The molecule has 0 bridgehead atoms. The van der Waals surface area contributed by atoms with Crippen molar-refractivity contribution in [2.24, 2.45) is 17.8 Å². The molecule has 100 valence electrons. The molecule has 0 spiro atoms. The van der Waals surface area contributed by atoms with Crippen molar-refractivity contribution in [1.82, 2.24) is 9.80 Å². The van der Waals surface area contributed by atoms with Crippen LogP contribution in [0.25, 0.3) is 0 Å². The molecular formula is C13H17F3N2. The van der Waals surface area contributed by atoms with Crippen LogP contribution in [-0.2, 0) is 0 Å². The first-order valence-corrected chi connectivity index (χ1v) is 6.29. The van der Waals surface area contributed by atoms with Crippen LogP contribution < -0.4 is 0 Å². The van der Waals surface area contributed by atoms with Gasteiger partial charge in [0.1, 0.15) is 6.17 Å². The van der Waals surface area contributed by atoms with Crippen molar-refractivity contribution in [2.45, 2.75) is 25.2 Å². The molecule has 0 aromatic heterocycles. The van der Waals surface area contributed by atoms with Crippen molar-refractivity contribution in [3.05, 3.63) is 24.0 Å². The lowest BCUT2D eigenvalue weighted by molar-refractivity contribution is -0.179. The molecule has 1 aliphatic carbocycles. The van der Waals surface area contributed by atoms with E-state index in [1.165, 1.54) is 0 Å². The summed E-state index contributed by atoms with van der Waals surface area (Å²) in [6, 6.07) is 0. The zero-order valence-electron chi connectivity index (χ0n) is 10.5. The van der Waals surface area contributed by atoms with Gasteiger partial charge in [0.2, 0.25) is 0 Å². The minimum Gasteiger partial charge on any atom is -0.360 e. The summed E-state index contributed by atoms with van der Waals surface area (Å²) in [5.41, 5.74) is 1.10. The highest BCUT2D eigenvalue weighted by molar-refractivity contribution is 5.25. The number of allylic oxidation sites excluding steroid dienone is 2. The Morgan fingerprint density at radius 2 is 2.00 bits per heavy atom. The van der Waals surface area contributed by atoms with E-state index >= 15 is 0 Å². The summed E-state index contributed by atoms with van der Waals surface area (Å²) in [5.74, 6) is -0.935. The summed E-state index contributed by atoms with van der Waals surface area (Å²) in [7, 11) is 3.97. The zero-order valence-corrected chi connectivity index (χ0v) is 10.5. The van der Waals surface area contributed by atoms with E-state index in [0.29, 0.717) is 0 Å². The topological polar surface area (TPSA) is 6.48 Å². The average Bonchev–Trinajstić information content (AvgIpc) is 2.79. The SMILES string of the molecule is CN1C=CC2C3CC(C(F)(F)F)CC=C3N(C)C21. The van der Waals surface area contributed by atoms with Gasteiger partial charge in [0, 0.05) is 31.6 Å². The lowest BCUT2D eigenvalue weighted by atomic mass is 9.79. The second-order valence-electron chi connectivity index (χ2n) is 5.55. The third-order valence-corrected chi connectivity index (χ3v) is 4.57. The predicted molar refractivity (Wildman–Crippen MR) is 62.3 cm³/mol. The van der Waals surface area contributed by atoms with Crippen molar-refractivity contribution in [2.75, 3.05) is 14.1 Å². The first kappa shape index (κ1) is 11.9. The van der Waals surface area contributed by atoms with Crippen LogP contribution in [0.5, 0.6) is 0 Å². The van der Waals surface area contributed by atoms with E-state index in [1.54, 1.807) is 6.08 Å². The molecule has 0 saturated carbocycles. The Labute approximate surface area is 105 Å². The number of hydrogen-bond acceptors (Lipinski definition) is 2. The fourth-order valence-corrected chi connectivity index (χ4v) is 3.69. The van der Waals surface area contributed by atoms with Crippen LogP contribution in [0.15, 0.2) is 24.0 Å². The molecule has 0 amide bonds. The van der Waals surface area contributed by atoms with Gasteiger partial charge in [-0.05, 0) is 19.0 Å². The number of halogens is 3. The zero-order chi connectivity index (χ0) is 13.1. The number of likely N-dealkylation sites (tertiary alicyclic amines) is 1. The lowest BCUT2D eigenvalue weighted by Crippen LogP contribution is -2.37. The molecule has 2 heterocycles. The Bertz CT molecular complexity index is 413. The molecule has 2 aliphatic heterocycles. The summed E-state index contributed by atoms with van der Waals surface area (Å²) >= 11 is 0. The van der Waals surface area contributed by atoms with Crippen LogP contribution in [0.4, 0.5) is 13.2 Å². The molecule has 0 aromatic carbocycles. The Morgan fingerprint density at radius 3 is 2.67 bits per heavy atom. The average molecular weight is 258 g/mol. The number of rotatable bonds is 0. The molecule has 3 aliphatic rings. The monoisotopic (exact) mass is 258 g/mol. The van der Waals surface area contributed by atoms with Crippen LogP contribution in [-0.4, -0.2) is 36.2 Å². The first-order valence-electron chi connectivity index (χ1n) is 6.29. The van der Waals surface area contributed by atoms with Gasteiger partial charge < -0.3 is 9.80 Å². The maximum Gasteiger partial charge on any atom is 0.392 e. The van der Waals surface area contributed by atoms with Gasteiger partial charge in [0.15, 0.2) is 0 Å². The highest BCUT2D eigenvalue weighted by Crippen LogP contribution is 2.50. The maximum absolute atomic E-state index is 12.8. The quantitative estimate of drug-likeness (QED) is 0.659. The standard InChI is InChI=1S/C13H17F3N2/c1-17-6-5-9-10-7-8(13(14,15)16)3-4-11(10)18(2)12(9)17/h4-6,8-10,12H,3,7H2,1-2H3. The third-order valence-electron chi connectivity index (χ3n) is 4.57. The van der Waals surface area contributed by atoms with E-state index < -0.39 is 12.1 Å². The van der Waals surface area contributed by atoms with Crippen molar-refractivity contribution in [3.8, 4) is 0 Å². The minimum absolute atomic E-state index is 0.0292. The van der Waals surface area contributed by atoms with Crippen LogP contribution in [0.1, 0.15) is 12.8 Å². The molecule has 1 fully saturated rings. The second kappa shape index (κ2) is 3.68. The number of hydrogen-bond donors (Lipinski definition) is 0. The second-order valence-corrected chi connectivity index (χ2v) is 5.55. The van der Waals surface area contributed by atoms with Crippen LogP contribution in [0, 0.1) is 17.8 Å². The molecular weight excluding hydrogens is 241 g/mol. The van der Waals surface area contributed by atoms with Gasteiger partial charge in [-0.15, -0.1) is 0 Å². The molecule has 2 nitrogen and oxygen atoms in total. The number of fused-ring (bicyclic) bond motifs is 3. The molecule has 18 heavy (non-hydrogen) atoms. The molecule has 4 unspecified atom stereocenters. The van der Waals surface area contributed by atoms with E-state index in [9.17, 15) is 13.2 Å². The van der Waals surface area contributed by atoms with Gasteiger partial charge in [-0.2, -0.15) is 13.2 Å². The lowest BCUT2D eigenvalue weighted by Gasteiger charge is -2.31. The summed E-state index contributed by atoms with van der Waals surface area (Å²) < 4.78 is 38.5. The van der Waals surface area contributed by atoms with Gasteiger partial charge in [-0.25, -0.2) is 0 Å². The van der Waals surface area contributed by atoms with E-state index in [4.69, 9.17) is 0 Å². The summed E-state index contributed by atoms with van der Waals surface area (Å²) in [5, 5.41) is 0. The summed E-state index contributed by atoms with van der Waals surface area (Å²) in [6.07, 6.45) is 2.35. The largest absolute Gasteiger partial charge is 0.392 e. The molecule has 0 N–H and O–H groups in total. The first-order chi connectivity index (χ1) is 8.39. The molecule has 4 atom stereocenters. The van der Waals surface area contributed by atoms with E-state index in [0.717, 1.165) is 5.70 Å². The predicted octanol–water partition coefficient (Wildman–Crippen LogP) is 2.81.